The normalized spacial score (nSPS) is 23.5. The molecule has 0 radical (unpaired) electrons. The Morgan fingerprint density at radius 1 is 1.73 bits per heavy atom. The number of rotatable bonds is 3. The molecule has 0 amide bonds. The molecule has 0 aromatic rings. The molecule has 1 atom stereocenters. The van der Waals surface area contributed by atoms with E-state index in [1.165, 1.54) is 12.0 Å². The molecule has 0 aromatic heterocycles. The van der Waals surface area contributed by atoms with E-state index in [1.54, 1.807) is 0 Å². The molecule has 1 aliphatic carbocycles. The van der Waals surface area contributed by atoms with E-state index in [0.717, 1.165) is 11.2 Å². The molecule has 0 saturated heterocycles. The highest BCUT2D eigenvalue weighted by atomic mass is 127. The van der Waals surface area contributed by atoms with E-state index in [4.69, 9.17) is 4.74 Å². The van der Waals surface area contributed by atoms with Gasteiger partial charge in [-0.15, -0.1) is 0 Å². The maximum Gasteiger partial charge on any atom is 0.0983 e. The fourth-order valence-electron chi connectivity index (χ4n) is 1.18. The number of halogens is 1. The molecular formula is C9H13IO. The predicted octanol–water partition coefficient (Wildman–Crippen LogP) is 2.92. The Hall–Kier alpha value is 0.170. The second-order valence-electron chi connectivity index (χ2n) is 2.81. The molecule has 0 saturated carbocycles. The van der Waals surface area contributed by atoms with Gasteiger partial charge in [-0.25, -0.2) is 0 Å². The topological polar surface area (TPSA) is 9.23 Å². The Bertz CT molecular complexity index is 172. The third-order valence-corrected chi connectivity index (χ3v) is 2.12. The fourth-order valence-corrected chi connectivity index (χ4v) is 1.40. The quantitative estimate of drug-likeness (QED) is 0.562. The van der Waals surface area contributed by atoms with Crippen molar-refractivity contribution < 1.29 is 4.74 Å². The number of ether oxygens (including phenoxy) is 1. The monoisotopic (exact) mass is 264 g/mol. The summed E-state index contributed by atoms with van der Waals surface area (Å²) < 4.78 is 6.06. The van der Waals surface area contributed by atoms with Crippen LogP contribution in [0.1, 0.15) is 13.3 Å². The third kappa shape index (κ3) is 3.38. The fraction of sp³-hybridized carbons (Fsp3) is 0.556. The lowest BCUT2D eigenvalue weighted by atomic mass is 9.99. The van der Waals surface area contributed by atoms with Gasteiger partial charge in [-0.3, -0.25) is 0 Å². The van der Waals surface area contributed by atoms with E-state index >= 15 is 0 Å². The van der Waals surface area contributed by atoms with E-state index in [-0.39, 0.29) is 0 Å². The molecule has 1 aliphatic rings. The lowest BCUT2D eigenvalue weighted by Gasteiger charge is -2.11. The van der Waals surface area contributed by atoms with Crippen LogP contribution in [0.3, 0.4) is 0 Å². The predicted molar refractivity (Wildman–Crippen MR) is 55.8 cm³/mol. The molecule has 0 N–H and O–H groups in total. The van der Waals surface area contributed by atoms with E-state index in [0.29, 0.717) is 5.92 Å². The molecule has 1 rings (SSSR count). The lowest BCUT2D eigenvalue weighted by molar-refractivity contribution is 0.219. The average molecular weight is 264 g/mol. The first-order chi connectivity index (χ1) is 5.33. The molecular weight excluding hydrogens is 251 g/mol. The summed E-state index contributed by atoms with van der Waals surface area (Å²) in [5.74, 6) is 0.688. The molecule has 0 spiro atoms. The SMILES string of the molecule is CC1C=C(COCI)C=CC1. The van der Waals surface area contributed by atoms with Crippen molar-refractivity contribution >= 4 is 22.6 Å². The van der Waals surface area contributed by atoms with Crippen molar-refractivity contribution in [2.24, 2.45) is 5.92 Å². The maximum atomic E-state index is 5.29. The van der Waals surface area contributed by atoms with Crippen molar-refractivity contribution in [2.45, 2.75) is 13.3 Å². The lowest BCUT2D eigenvalue weighted by Crippen LogP contribution is -2.01. The number of alkyl halides is 1. The minimum Gasteiger partial charge on any atom is -0.366 e. The summed E-state index contributed by atoms with van der Waals surface area (Å²) in [5.41, 5.74) is 1.32. The van der Waals surface area contributed by atoms with Crippen LogP contribution >= 0.6 is 22.6 Å². The summed E-state index contributed by atoms with van der Waals surface area (Å²) >= 11 is 2.22. The highest BCUT2D eigenvalue weighted by Gasteiger charge is 2.02. The van der Waals surface area contributed by atoms with Gasteiger partial charge < -0.3 is 4.74 Å². The minimum absolute atomic E-state index is 0.688. The smallest absolute Gasteiger partial charge is 0.0983 e. The van der Waals surface area contributed by atoms with Gasteiger partial charge in [0.15, 0.2) is 0 Å². The maximum absolute atomic E-state index is 5.29. The first-order valence-electron chi connectivity index (χ1n) is 3.84. The van der Waals surface area contributed by atoms with Crippen LogP contribution in [0.5, 0.6) is 0 Å². The molecule has 62 valence electrons. The van der Waals surface area contributed by atoms with Gasteiger partial charge in [0.1, 0.15) is 0 Å². The van der Waals surface area contributed by atoms with Crippen molar-refractivity contribution in [1.82, 2.24) is 0 Å². The molecule has 0 heterocycles. The van der Waals surface area contributed by atoms with E-state index in [9.17, 15) is 0 Å². The van der Waals surface area contributed by atoms with Crippen molar-refractivity contribution in [3.63, 3.8) is 0 Å². The Balaban J connectivity index is 2.37. The first kappa shape index (κ1) is 9.26. The van der Waals surface area contributed by atoms with Gasteiger partial charge in [0.05, 0.1) is 11.2 Å². The molecule has 2 heteroatoms. The Kier molecular flexibility index (Phi) is 4.15. The zero-order valence-corrected chi connectivity index (χ0v) is 8.87. The summed E-state index contributed by atoms with van der Waals surface area (Å²) in [6.45, 7) is 3.00. The van der Waals surface area contributed by atoms with Crippen molar-refractivity contribution in [3.8, 4) is 0 Å². The van der Waals surface area contributed by atoms with E-state index in [2.05, 4.69) is 47.7 Å². The highest BCUT2D eigenvalue weighted by Crippen LogP contribution is 2.15. The van der Waals surface area contributed by atoms with Crippen LogP contribution in [0, 0.1) is 5.92 Å². The first-order valence-corrected chi connectivity index (χ1v) is 5.36. The van der Waals surface area contributed by atoms with Crippen LogP contribution in [0.2, 0.25) is 0 Å². The third-order valence-electron chi connectivity index (χ3n) is 1.68. The average Bonchev–Trinajstić information content (AvgIpc) is 2.01. The van der Waals surface area contributed by atoms with Gasteiger partial charge in [-0.1, -0.05) is 47.7 Å². The van der Waals surface area contributed by atoms with Crippen molar-refractivity contribution in [1.29, 1.82) is 0 Å². The summed E-state index contributed by atoms with van der Waals surface area (Å²) in [6, 6.07) is 0. The van der Waals surface area contributed by atoms with Crippen molar-refractivity contribution in [2.75, 3.05) is 11.2 Å². The van der Waals surface area contributed by atoms with E-state index in [1.807, 2.05) is 0 Å². The summed E-state index contributed by atoms with van der Waals surface area (Å²) in [4.78, 5) is 0. The van der Waals surface area contributed by atoms with Gasteiger partial charge in [-0.05, 0) is 17.9 Å². The van der Waals surface area contributed by atoms with Crippen LogP contribution in [0.4, 0.5) is 0 Å². The molecule has 1 unspecified atom stereocenters. The van der Waals surface area contributed by atoms with Crippen LogP contribution in [0.15, 0.2) is 23.8 Å². The Morgan fingerprint density at radius 3 is 3.18 bits per heavy atom. The van der Waals surface area contributed by atoms with Crippen LogP contribution in [0.25, 0.3) is 0 Å². The zero-order valence-electron chi connectivity index (χ0n) is 6.72. The van der Waals surface area contributed by atoms with Crippen LogP contribution in [-0.4, -0.2) is 11.2 Å². The van der Waals surface area contributed by atoms with Crippen LogP contribution < -0.4 is 0 Å². The Labute approximate surface area is 81.6 Å². The molecule has 0 aliphatic heterocycles. The summed E-state index contributed by atoms with van der Waals surface area (Å²) in [6.07, 6.45) is 7.84. The molecule has 1 nitrogen and oxygen atoms in total. The number of hydrogen-bond acceptors (Lipinski definition) is 1. The minimum atomic E-state index is 0.688. The van der Waals surface area contributed by atoms with Gasteiger partial charge in [0.2, 0.25) is 0 Å². The van der Waals surface area contributed by atoms with Gasteiger partial charge in [0.25, 0.3) is 0 Å². The van der Waals surface area contributed by atoms with Gasteiger partial charge in [0, 0.05) is 0 Å². The highest BCUT2D eigenvalue weighted by molar-refractivity contribution is 14.1. The second-order valence-corrected chi connectivity index (χ2v) is 3.44. The van der Waals surface area contributed by atoms with Crippen molar-refractivity contribution in [3.05, 3.63) is 23.8 Å². The zero-order chi connectivity index (χ0) is 8.10. The van der Waals surface area contributed by atoms with Gasteiger partial charge in [-0.2, -0.15) is 0 Å². The van der Waals surface area contributed by atoms with E-state index < -0.39 is 0 Å². The summed E-state index contributed by atoms with van der Waals surface area (Å²) in [7, 11) is 0. The summed E-state index contributed by atoms with van der Waals surface area (Å²) in [5, 5.41) is 0. The molecule has 0 aromatic carbocycles. The molecule has 0 fully saturated rings. The largest absolute Gasteiger partial charge is 0.366 e. The number of hydrogen-bond donors (Lipinski definition) is 0. The van der Waals surface area contributed by atoms with Crippen LogP contribution in [-0.2, 0) is 4.74 Å². The second kappa shape index (κ2) is 4.93. The van der Waals surface area contributed by atoms with Gasteiger partial charge >= 0.3 is 0 Å². The standard InChI is InChI=1S/C9H13IO/c1-8-3-2-4-9(5-8)6-11-7-10/h2,4-5,8H,3,6-7H2,1H3. The Morgan fingerprint density at radius 2 is 2.55 bits per heavy atom. The molecule has 0 bridgehead atoms. The molecule has 11 heavy (non-hydrogen) atoms. The number of allylic oxidation sites excluding steroid dienone is 2.